The van der Waals surface area contributed by atoms with Crippen LogP contribution in [-0.4, -0.2) is 12.1 Å². The molecule has 0 saturated heterocycles. The second-order valence-corrected chi connectivity index (χ2v) is 10.8. The summed E-state index contributed by atoms with van der Waals surface area (Å²) in [5.41, 5.74) is 0. The molecular formula is C27H48O2. The Kier molecular flexibility index (Phi) is 9.86. The maximum atomic E-state index is 11.2. The largest absolute Gasteiger partial charge is 0.463 e. The van der Waals surface area contributed by atoms with Gasteiger partial charge in [0.2, 0.25) is 0 Å². The van der Waals surface area contributed by atoms with Crippen LogP contribution in [-0.2, 0) is 9.53 Å². The molecule has 3 rings (SSSR count). The Balaban J connectivity index is 1.28. The first-order valence-corrected chi connectivity index (χ1v) is 13.3. The maximum Gasteiger partial charge on any atom is 0.302 e. The highest BCUT2D eigenvalue weighted by Gasteiger charge is 2.35. The molecule has 0 atom stereocenters. The van der Waals surface area contributed by atoms with E-state index in [4.69, 9.17) is 4.74 Å². The molecule has 0 spiro atoms. The zero-order valence-corrected chi connectivity index (χ0v) is 19.5. The van der Waals surface area contributed by atoms with Crippen molar-refractivity contribution < 1.29 is 9.53 Å². The van der Waals surface area contributed by atoms with Crippen LogP contribution in [0.3, 0.4) is 0 Å². The van der Waals surface area contributed by atoms with E-state index in [1.807, 2.05) is 0 Å². The lowest BCUT2D eigenvalue weighted by atomic mass is 9.65. The summed E-state index contributed by atoms with van der Waals surface area (Å²) in [6.07, 6.45) is 25.8. The molecule has 29 heavy (non-hydrogen) atoms. The molecule has 0 amide bonds. The predicted molar refractivity (Wildman–Crippen MR) is 122 cm³/mol. The van der Waals surface area contributed by atoms with Gasteiger partial charge >= 0.3 is 5.97 Å². The SMILES string of the molecule is CCCCCCC[C@H]1CC[C@H]([C@H]2CC[C@H]([C@H]3CC[C@H](OC(C)=O)CC3)CC2)CC1. The molecule has 3 aliphatic rings. The van der Waals surface area contributed by atoms with Gasteiger partial charge < -0.3 is 4.74 Å². The topological polar surface area (TPSA) is 26.3 Å². The molecule has 3 saturated carbocycles. The third-order valence-corrected chi connectivity index (χ3v) is 8.81. The van der Waals surface area contributed by atoms with Gasteiger partial charge in [0, 0.05) is 6.92 Å². The molecule has 0 aromatic heterocycles. The summed E-state index contributed by atoms with van der Waals surface area (Å²) < 4.78 is 5.43. The standard InChI is InChI=1S/C27H48O2/c1-3-4-5-6-7-8-22-9-11-23(12-10-22)24-13-15-25(16-14-24)26-17-19-27(20-18-26)29-21(2)28/h22-27H,3-20H2,1-2H3/t22-,23-,24-,25-,26-,27-. The normalized spacial score (nSPS) is 35.9. The van der Waals surface area contributed by atoms with Gasteiger partial charge in [-0.2, -0.15) is 0 Å². The van der Waals surface area contributed by atoms with Crippen LogP contribution in [0.25, 0.3) is 0 Å². The van der Waals surface area contributed by atoms with E-state index in [-0.39, 0.29) is 12.1 Å². The number of hydrogen-bond donors (Lipinski definition) is 0. The van der Waals surface area contributed by atoms with Crippen LogP contribution in [0.5, 0.6) is 0 Å². The van der Waals surface area contributed by atoms with Crippen molar-refractivity contribution in [1.29, 1.82) is 0 Å². The van der Waals surface area contributed by atoms with Gasteiger partial charge in [-0.05, 0) is 93.8 Å². The molecular weight excluding hydrogens is 356 g/mol. The molecule has 0 unspecified atom stereocenters. The molecule has 3 fully saturated rings. The van der Waals surface area contributed by atoms with Crippen LogP contribution < -0.4 is 0 Å². The van der Waals surface area contributed by atoms with E-state index in [1.54, 1.807) is 6.92 Å². The van der Waals surface area contributed by atoms with Crippen molar-refractivity contribution in [2.75, 3.05) is 0 Å². The Morgan fingerprint density at radius 3 is 1.59 bits per heavy atom. The molecule has 0 aromatic rings. The third-order valence-electron chi connectivity index (χ3n) is 8.81. The lowest BCUT2D eigenvalue weighted by molar-refractivity contribution is -0.148. The molecule has 0 radical (unpaired) electrons. The number of esters is 1. The maximum absolute atomic E-state index is 11.2. The molecule has 0 heterocycles. The Bertz CT molecular complexity index is 449. The van der Waals surface area contributed by atoms with Crippen molar-refractivity contribution >= 4 is 5.97 Å². The molecule has 3 aliphatic carbocycles. The second kappa shape index (κ2) is 12.4. The van der Waals surface area contributed by atoms with Gasteiger partial charge in [-0.1, -0.05) is 58.3 Å². The smallest absolute Gasteiger partial charge is 0.302 e. The first-order chi connectivity index (χ1) is 14.2. The van der Waals surface area contributed by atoms with Crippen LogP contribution in [0, 0.1) is 29.6 Å². The Morgan fingerprint density at radius 2 is 1.10 bits per heavy atom. The Morgan fingerprint density at radius 1 is 0.655 bits per heavy atom. The first-order valence-electron chi connectivity index (χ1n) is 13.3. The first kappa shape index (κ1) is 23.1. The van der Waals surface area contributed by atoms with E-state index >= 15 is 0 Å². The van der Waals surface area contributed by atoms with E-state index < -0.39 is 0 Å². The summed E-state index contributed by atoms with van der Waals surface area (Å²) in [7, 11) is 0. The van der Waals surface area contributed by atoms with Crippen molar-refractivity contribution in [3.63, 3.8) is 0 Å². The van der Waals surface area contributed by atoms with E-state index in [0.717, 1.165) is 42.4 Å². The summed E-state index contributed by atoms with van der Waals surface area (Å²) in [5.74, 6) is 4.91. The van der Waals surface area contributed by atoms with E-state index in [2.05, 4.69) is 6.92 Å². The molecule has 0 N–H and O–H groups in total. The quantitative estimate of drug-likeness (QED) is 0.287. The van der Waals surface area contributed by atoms with Crippen LogP contribution in [0.2, 0.25) is 0 Å². The summed E-state index contributed by atoms with van der Waals surface area (Å²) in [6, 6.07) is 0. The summed E-state index contributed by atoms with van der Waals surface area (Å²) in [4.78, 5) is 11.2. The fourth-order valence-electron chi connectivity index (χ4n) is 6.99. The van der Waals surface area contributed by atoms with Crippen LogP contribution in [0.4, 0.5) is 0 Å². The lowest BCUT2D eigenvalue weighted by Crippen LogP contribution is -2.31. The van der Waals surface area contributed by atoms with Crippen molar-refractivity contribution in [3.05, 3.63) is 0 Å². The third kappa shape index (κ3) is 7.59. The fraction of sp³-hybridized carbons (Fsp3) is 0.963. The minimum atomic E-state index is -0.0971. The number of rotatable bonds is 9. The number of unbranched alkanes of at least 4 members (excludes halogenated alkanes) is 4. The van der Waals surface area contributed by atoms with Gasteiger partial charge in [0.25, 0.3) is 0 Å². The number of hydrogen-bond acceptors (Lipinski definition) is 2. The molecule has 2 nitrogen and oxygen atoms in total. The van der Waals surface area contributed by atoms with E-state index in [1.165, 1.54) is 103 Å². The van der Waals surface area contributed by atoms with Crippen LogP contribution >= 0.6 is 0 Å². The van der Waals surface area contributed by atoms with Gasteiger partial charge in [0.05, 0.1) is 0 Å². The highest BCUT2D eigenvalue weighted by Crippen LogP contribution is 2.46. The number of ether oxygens (including phenoxy) is 1. The van der Waals surface area contributed by atoms with Gasteiger partial charge in [0.15, 0.2) is 0 Å². The predicted octanol–water partition coefficient (Wildman–Crippen LogP) is 8.08. The monoisotopic (exact) mass is 404 g/mol. The Labute approximate surface area is 180 Å². The van der Waals surface area contributed by atoms with E-state index in [9.17, 15) is 4.79 Å². The van der Waals surface area contributed by atoms with Gasteiger partial charge in [-0.15, -0.1) is 0 Å². The number of carbonyl (C=O) groups is 1. The molecule has 168 valence electrons. The van der Waals surface area contributed by atoms with E-state index in [0.29, 0.717) is 0 Å². The number of carbonyl (C=O) groups excluding carboxylic acids is 1. The van der Waals surface area contributed by atoms with Crippen molar-refractivity contribution in [3.8, 4) is 0 Å². The lowest BCUT2D eigenvalue weighted by Gasteiger charge is -2.41. The average Bonchev–Trinajstić information content (AvgIpc) is 2.74. The summed E-state index contributed by atoms with van der Waals surface area (Å²) in [6.45, 7) is 3.86. The van der Waals surface area contributed by atoms with Gasteiger partial charge in [0.1, 0.15) is 6.10 Å². The molecule has 0 aliphatic heterocycles. The highest BCUT2D eigenvalue weighted by molar-refractivity contribution is 5.66. The van der Waals surface area contributed by atoms with Crippen LogP contribution in [0.15, 0.2) is 0 Å². The van der Waals surface area contributed by atoms with Crippen molar-refractivity contribution in [2.45, 2.75) is 136 Å². The zero-order valence-electron chi connectivity index (χ0n) is 19.5. The fourth-order valence-corrected chi connectivity index (χ4v) is 6.99. The molecule has 0 bridgehead atoms. The average molecular weight is 405 g/mol. The minimum Gasteiger partial charge on any atom is -0.463 e. The van der Waals surface area contributed by atoms with Gasteiger partial charge in [-0.3, -0.25) is 4.79 Å². The van der Waals surface area contributed by atoms with Crippen molar-refractivity contribution in [1.82, 2.24) is 0 Å². The highest BCUT2D eigenvalue weighted by atomic mass is 16.5. The summed E-state index contributed by atoms with van der Waals surface area (Å²) >= 11 is 0. The Hall–Kier alpha value is -0.530. The molecule has 0 aromatic carbocycles. The summed E-state index contributed by atoms with van der Waals surface area (Å²) in [5, 5.41) is 0. The van der Waals surface area contributed by atoms with Gasteiger partial charge in [-0.25, -0.2) is 0 Å². The van der Waals surface area contributed by atoms with Crippen molar-refractivity contribution in [2.24, 2.45) is 29.6 Å². The zero-order chi connectivity index (χ0) is 20.5. The minimum absolute atomic E-state index is 0.0971. The second-order valence-electron chi connectivity index (χ2n) is 10.8. The van der Waals surface area contributed by atoms with Crippen LogP contribution in [0.1, 0.15) is 129 Å². The molecule has 2 heteroatoms.